The topological polar surface area (TPSA) is 12.4 Å². The molecule has 17 heavy (non-hydrogen) atoms. The molecule has 2 rings (SSSR count). The number of hydrogen-bond acceptors (Lipinski definition) is 1. The van der Waals surface area contributed by atoms with Gasteiger partial charge in [-0.1, -0.05) is 34.0 Å². The smallest absolute Gasteiger partial charge is 0.0630 e. The summed E-state index contributed by atoms with van der Waals surface area (Å²) in [6, 6.07) is 15.6. The van der Waals surface area contributed by atoms with Gasteiger partial charge in [0.1, 0.15) is 0 Å². The first kappa shape index (κ1) is 11.6. The van der Waals surface area contributed by atoms with Crippen molar-refractivity contribution in [2.45, 2.75) is 0 Å². The molecule has 1 nitrogen and oxygen atoms in total. The van der Waals surface area contributed by atoms with Gasteiger partial charge < -0.3 is 0 Å². The van der Waals surface area contributed by atoms with Crippen LogP contribution in [-0.4, -0.2) is 6.21 Å². The van der Waals surface area contributed by atoms with Gasteiger partial charge in [-0.3, -0.25) is 4.99 Å². The highest BCUT2D eigenvalue weighted by Gasteiger charge is 1.90. The van der Waals surface area contributed by atoms with Crippen LogP contribution in [0.2, 0.25) is 0 Å². The summed E-state index contributed by atoms with van der Waals surface area (Å²) in [6.45, 7) is 0. The van der Waals surface area contributed by atoms with Crippen LogP contribution in [0.15, 0.2) is 58.0 Å². The zero-order valence-corrected chi connectivity index (χ0v) is 10.7. The van der Waals surface area contributed by atoms with E-state index in [1.165, 1.54) is 0 Å². The molecule has 82 valence electrons. The Hall–Kier alpha value is -1.85. The van der Waals surface area contributed by atoms with Crippen LogP contribution in [-0.2, 0) is 0 Å². The van der Waals surface area contributed by atoms with Crippen molar-refractivity contribution < 1.29 is 0 Å². The van der Waals surface area contributed by atoms with Gasteiger partial charge >= 0.3 is 0 Å². The first-order chi connectivity index (χ1) is 8.28. The van der Waals surface area contributed by atoms with Crippen molar-refractivity contribution in [3.63, 3.8) is 0 Å². The van der Waals surface area contributed by atoms with Crippen LogP contribution in [0, 0.1) is 12.3 Å². The molecule has 0 bridgehead atoms. The van der Waals surface area contributed by atoms with Crippen molar-refractivity contribution in [3.05, 3.63) is 64.1 Å². The van der Waals surface area contributed by atoms with Crippen LogP contribution in [0.1, 0.15) is 11.1 Å². The lowest BCUT2D eigenvalue weighted by atomic mass is 10.2. The Morgan fingerprint density at radius 1 is 1.00 bits per heavy atom. The first-order valence-corrected chi connectivity index (χ1v) is 5.93. The molecule has 0 amide bonds. The van der Waals surface area contributed by atoms with Crippen molar-refractivity contribution in [2.24, 2.45) is 4.99 Å². The second-order valence-electron chi connectivity index (χ2n) is 3.50. The molecule has 0 aromatic heterocycles. The minimum Gasteiger partial charge on any atom is -0.256 e. The lowest BCUT2D eigenvalue weighted by Gasteiger charge is -1.95. The molecule has 0 N–H and O–H groups in total. The third kappa shape index (κ3) is 3.30. The number of hydrogen-bond donors (Lipinski definition) is 0. The Labute approximate surface area is 109 Å². The molecule has 0 spiro atoms. The van der Waals surface area contributed by atoms with Crippen molar-refractivity contribution in [1.29, 1.82) is 0 Å². The lowest BCUT2D eigenvalue weighted by Crippen LogP contribution is -1.79. The molecule has 0 aliphatic heterocycles. The van der Waals surface area contributed by atoms with E-state index in [0.29, 0.717) is 0 Å². The Morgan fingerprint density at radius 2 is 1.65 bits per heavy atom. The third-order valence-electron chi connectivity index (χ3n) is 2.27. The summed E-state index contributed by atoms with van der Waals surface area (Å²) in [7, 11) is 0. The van der Waals surface area contributed by atoms with Crippen LogP contribution in [0.25, 0.3) is 0 Å². The van der Waals surface area contributed by atoms with Crippen LogP contribution in [0.5, 0.6) is 0 Å². The fraction of sp³-hybridized carbons (Fsp3) is 0. The summed E-state index contributed by atoms with van der Waals surface area (Å²) in [5.41, 5.74) is 2.83. The molecule has 0 radical (unpaired) electrons. The summed E-state index contributed by atoms with van der Waals surface area (Å²) >= 11 is 3.39. The number of aliphatic imine (C=N–C) groups is 1. The SMILES string of the molecule is C#Cc1ccc(N=Cc2ccc(Br)cc2)cc1. The van der Waals surface area contributed by atoms with Crippen molar-refractivity contribution in [1.82, 2.24) is 0 Å². The fourth-order valence-corrected chi connectivity index (χ4v) is 1.61. The van der Waals surface area contributed by atoms with E-state index < -0.39 is 0 Å². The Kier molecular flexibility index (Phi) is 3.74. The molecule has 0 aliphatic rings. The number of rotatable bonds is 2. The summed E-state index contributed by atoms with van der Waals surface area (Å²) in [5, 5.41) is 0. The number of nitrogens with zero attached hydrogens (tertiary/aromatic N) is 1. The van der Waals surface area contributed by atoms with E-state index >= 15 is 0 Å². The van der Waals surface area contributed by atoms with Crippen LogP contribution in [0.4, 0.5) is 5.69 Å². The van der Waals surface area contributed by atoms with Gasteiger partial charge in [0, 0.05) is 16.3 Å². The molecule has 2 aromatic rings. The van der Waals surface area contributed by atoms with Crippen LogP contribution in [0.3, 0.4) is 0 Å². The van der Waals surface area contributed by atoms with E-state index in [1.807, 2.05) is 54.7 Å². The largest absolute Gasteiger partial charge is 0.256 e. The molecular weight excluding hydrogens is 274 g/mol. The normalized spacial score (nSPS) is 10.4. The maximum absolute atomic E-state index is 5.29. The summed E-state index contributed by atoms with van der Waals surface area (Å²) in [4.78, 5) is 4.37. The second kappa shape index (κ2) is 5.47. The van der Waals surface area contributed by atoms with E-state index in [2.05, 4.69) is 26.8 Å². The zero-order valence-electron chi connectivity index (χ0n) is 9.10. The standard InChI is InChI=1S/C15H10BrN/c1-2-12-5-9-15(10-6-12)17-11-13-3-7-14(16)8-4-13/h1,3-11H. The van der Waals surface area contributed by atoms with Gasteiger partial charge in [0.15, 0.2) is 0 Å². The van der Waals surface area contributed by atoms with Crippen LogP contribution < -0.4 is 0 Å². The molecule has 2 heteroatoms. The van der Waals surface area contributed by atoms with Gasteiger partial charge in [-0.05, 0) is 42.0 Å². The van der Waals surface area contributed by atoms with Crippen molar-refractivity contribution in [3.8, 4) is 12.3 Å². The van der Waals surface area contributed by atoms with Gasteiger partial charge in [0.05, 0.1) is 5.69 Å². The average molecular weight is 284 g/mol. The molecule has 2 aromatic carbocycles. The summed E-state index contributed by atoms with van der Waals surface area (Å²) in [6.07, 6.45) is 7.12. The minimum absolute atomic E-state index is 0.868. The number of halogens is 1. The van der Waals surface area contributed by atoms with Crippen molar-refractivity contribution >= 4 is 27.8 Å². The molecular formula is C15H10BrN. The molecule has 0 saturated heterocycles. The van der Waals surface area contributed by atoms with E-state index in [-0.39, 0.29) is 0 Å². The molecule has 0 atom stereocenters. The van der Waals surface area contributed by atoms with Gasteiger partial charge in [0.2, 0.25) is 0 Å². The average Bonchev–Trinajstić information content (AvgIpc) is 2.39. The minimum atomic E-state index is 0.868. The lowest BCUT2D eigenvalue weighted by molar-refractivity contribution is 1.51. The Morgan fingerprint density at radius 3 is 2.24 bits per heavy atom. The number of benzene rings is 2. The van der Waals surface area contributed by atoms with Crippen molar-refractivity contribution in [2.75, 3.05) is 0 Å². The van der Waals surface area contributed by atoms with E-state index in [1.54, 1.807) is 0 Å². The molecule has 0 unspecified atom stereocenters. The zero-order chi connectivity index (χ0) is 12.1. The Balaban J connectivity index is 2.14. The summed E-state index contributed by atoms with van der Waals surface area (Å²) in [5.74, 6) is 2.58. The molecule has 0 saturated carbocycles. The molecule has 0 heterocycles. The van der Waals surface area contributed by atoms with E-state index in [0.717, 1.165) is 21.3 Å². The first-order valence-electron chi connectivity index (χ1n) is 5.14. The highest BCUT2D eigenvalue weighted by molar-refractivity contribution is 9.10. The third-order valence-corrected chi connectivity index (χ3v) is 2.80. The monoisotopic (exact) mass is 283 g/mol. The quantitative estimate of drug-likeness (QED) is 0.579. The van der Waals surface area contributed by atoms with E-state index in [9.17, 15) is 0 Å². The van der Waals surface area contributed by atoms with Gasteiger partial charge in [-0.2, -0.15) is 0 Å². The van der Waals surface area contributed by atoms with E-state index in [4.69, 9.17) is 6.42 Å². The predicted molar refractivity (Wildman–Crippen MR) is 75.8 cm³/mol. The maximum Gasteiger partial charge on any atom is 0.0630 e. The molecule has 0 aliphatic carbocycles. The highest BCUT2D eigenvalue weighted by Crippen LogP contribution is 2.13. The molecule has 0 fully saturated rings. The predicted octanol–water partition coefficient (Wildman–Crippen LogP) is 4.18. The Bertz CT molecular complexity index is 559. The van der Waals surface area contributed by atoms with Gasteiger partial charge in [-0.15, -0.1) is 6.42 Å². The van der Waals surface area contributed by atoms with Gasteiger partial charge in [-0.25, -0.2) is 0 Å². The number of terminal acetylenes is 1. The van der Waals surface area contributed by atoms with Gasteiger partial charge in [0.25, 0.3) is 0 Å². The highest BCUT2D eigenvalue weighted by atomic mass is 79.9. The maximum atomic E-state index is 5.29. The van der Waals surface area contributed by atoms with Crippen LogP contribution >= 0.6 is 15.9 Å². The second-order valence-corrected chi connectivity index (χ2v) is 4.42. The fourth-order valence-electron chi connectivity index (χ4n) is 1.34. The summed E-state index contributed by atoms with van der Waals surface area (Å²) < 4.78 is 1.06.